The van der Waals surface area contributed by atoms with E-state index in [4.69, 9.17) is 4.42 Å². The van der Waals surface area contributed by atoms with Crippen molar-refractivity contribution in [1.29, 1.82) is 0 Å². The first-order valence-electron chi connectivity index (χ1n) is 6.53. The van der Waals surface area contributed by atoms with Gasteiger partial charge in [-0.05, 0) is 61.3 Å². The van der Waals surface area contributed by atoms with Gasteiger partial charge in [0.15, 0.2) is 5.76 Å². The van der Waals surface area contributed by atoms with Crippen molar-refractivity contribution in [2.45, 2.75) is 25.7 Å². The molecule has 0 bridgehead atoms. The highest BCUT2D eigenvalue weighted by Gasteiger charge is 2.15. The second kappa shape index (κ2) is 4.81. The van der Waals surface area contributed by atoms with Gasteiger partial charge in [-0.3, -0.25) is 4.79 Å². The number of Topliss-reactive ketones (excluding diaryl/α,β-unsaturated/α-hetero) is 1. The highest BCUT2D eigenvalue weighted by molar-refractivity contribution is 6.07. The topological polar surface area (TPSA) is 35.1 Å². The fourth-order valence-electron chi connectivity index (χ4n) is 2.57. The molecule has 0 aromatic carbocycles. The van der Waals surface area contributed by atoms with Crippen LogP contribution in [0.15, 0.2) is 28.9 Å². The SMILES string of the molecule is Cn1c(C#CC(=O)c2ccco2)cc2c1CCCC2. The predicted molar refractivity (Wildman–Crippen MR) is 72.0 cm³/mol. The minimum atomic E-state index is -0.274. The molecule has 19 heavy (non-hydrogen) atoms. The molecule has 2 aromatic heterocycles. The van der Waals surface area contributed by atoms with Crippen LogP contribution in [-0.2, 0) is 19.9 Å². The van der Waals surface area contributed by atoms with Gasteiger partial charge in [0.25, 0.3) is 5.78 Å². The Morgan fingerprint density at radius 1 is 1.37 bits per heavy atom. The van der Waals surface area contributed by atoms with Gasteiger partial charge in [0.05, 0.1) is 12.0 Å². The quantitative estimate of drug-likeness (QED) is 0.578. The second-order valence-corrected chi connectivity index (χ2v) is 4.82. The van der Waals surface area contributed by atoms with E-state index in [-0.39, 0.29) is 5.78 Å². The first-order valence-corrected chi connectivity index (χ1v) is 6.53. The Bertz CT molecular complexity index is 666. The lowest BCUT2D eigenvalue weighted by Crippen LogP contribution is -2.05. The fourth-order valence-corrected chi connectivity index (χ4v) is 2.57. The molecule has 0 radical (unpaired) electrons. The van der Waals surface area contributed by atoms with E-state index in [9.17, 15) is 4.79 Å². The molecule has 0 amide bonds. The van der Waals surface area contributed by atoms with Gasteiger partial charge in [-0.25, -0.2) is 0 Å². The third-order valence-corrected chi connectivity index (χ3v) is 3.61. The first-order chi connectivity index (χ1) is 9.25. The molecule has 0 fully saturated rings. The van der Waals surface area contributed by atoms with E-state index in [0.717, 1.165) is 18.5 Å². The number of ketones is 1. The summed E-state index contributed by atoms with van der Waals surface area (Å²) in [6.07, 6.45) is 6.20. The number of rotatable bonds is 1. The van der Waals surface area contributed by atoms with Crippen molar-refractivity contribution in [3.05, 3.63) is 47.2 Å². The molecule has 0 N–H and O–H groups in total. The number of carbonyl (C=O) groups excluding carboxylic acids is 1. The van der Waals surface area contributed by atoms with Crippen LogP contribution in [0.3, 0.4) is 0 Å². The maximum atomic E-state index is 11.8. The van der Waals surface area contributed by atoms with Crippen LogP contribution in [0.5, 0.6) is 0 Å². The van der Waals surface area contributed by atoms with Gasteiger partial charge in [0.2, 0.25) is 0 Å². The van der Waals surface area contributed by atoms with Crippen LogP contribution in [-0.4, -0.2) is 10.4 Å². The maximum absolute atomic E-state index is 11.8. The first kappa shape index (κ1) is 11.9. The van der Waals surface area contributed by atoms with Crippen LogP contribution in [0.25, 0.3) is 0 Å². The molecule has 2 aromatic rings. The van der Waals surface area contributed by atoms with Gasteiger partial charge in [0, 0.05) is 12.7 Å². The van der Waals surface area contributed by atoms with Crippen molar-refractivity contribution in [3.8, 4) is 11.8 Å². The van der Waals surface area contributed by atoms with Gasteiger partial charge in [-0.2, -0.15) is 0 Å². The zero-order valence-corrected chi connectivity index (χ0v) is 10.9. The van der Waals surface area contributed by atoms with Gasteiger partial charge >= 0.3 is 0 Å². The zero-order chi connectivity index (χ0) is 13.2. The molecule has 0 saturated carbocycles. The summed E-state index contributed by atoms with van der Waals surface area (Å²) in [6.45, 7) is 0. The molecule has 0 atom stereocenters. The molecule has 0 spiro atoms. The van der Waals surface area contributed by atoms with Crippen LogP contribution < -0.4 is 0 Å². The monoisotopic (exact) mass is 253 g/mol. The van der Waals surface area contributed by atoms with E-state index < -0.39 is 0 Å². The molecule has 1 aliphatic rings. The van der Waals surface area contributed by atoms with E-state index in [2.05, 4.69) is 22.5 Å². The molecule has 0 aliphatic heterocycles. The third kappa shape index (κ3) is 2.22. The van der Waals surface area contributed by atoms with Crippen molar-refractivity contribution in [1.82, 2.24) is 4.57 Å². The second-order valence-electron chi connectivity index (χ2n) is 4.82. The minimum Gasteiger partial charge on any atom is -0.460 e. The number of fused-ring (bicyclic) bond motifs is 1. The molecule has 0 saturated heterocycles. The average Bonchev–Trinajstić information content (AvgIpc) is 3.05. The Kier molecular flexibility index (Phi) is 3.00. The molecule has 3 rings (SSSR count). The van der Waals surface area contributed by atoms with Gasteiger partial charge in [0.1, 0.15) is 0 Å². The van der Waals surface area contributed by atoms with Crippen LogP contribution >= 0.6 is 0 Å². The van der Waals surface area contributed by atoms with Crippen LogP contribution in [0.2, 0.25) is 0 Å². The van der Waals surface area contributed by atoms with Gasteiger partial charge < -0.3 is 8.98 Å². The summed E-state index contributed by atoms with van der Waals surface area (Å²) in [5.41, 5.74) is 3.65. The third-order valence-electron chi connectivity index (χ3n) is 3.61. The molecular formula is C16H15NO2. The van der Waals surface area contributed by atoms with Crippen LogP contribution in [0, 0.1) is 11.8 Å². The number of hydrogen-bond donors (Lipinski definition) is 0. The van der Waals surface area contributed by atoms with Crippen molar-refractivity contribution in [3.63, 3.8) is 0 Å². The Hall–Kier alpha value is -2.21. The minimum absolute atomic E-state index is 0.274. The summed E-state index contributed by atoms with van der Waals surface area (Å²) in [4.78, 5) is 11.8. The molecular weight excluding hydrogens is 238 g/mol. The van der Waals surface area contributed by atoms with E-state index >= 15 is 0 Å². The molecule has 3 heteroatoms. The number of hydrogen-bond acceptors (Lipinski definition) is 2. The number of nitrogens with zero attached hydrogens (tertiary/aromatic N) is 1. The highest BCUT2D eigenvalue weighted by Crippen LogP contribution is 2.23. The van der Waals surface area contributed by atoms with Crippen molar-refractivity contribution < 1.29 is 9.21 Å². The Morgan fingerprint density at radius 2 is 2.21 bits per heavy atom. The zero-order valence-electron chi connectivity index (χ0n) is 10.9. The summed E-state index contributed by atoms with van der Waals surface area (Å²) in [7, 11) is 2.02. The molecule has 0 unspecified atom stereocenters. The van der Waals surface area contributed by atoms with E-state index in [0.29, 0.717) is 5.76 Å². The van der Waals surface area contributed by atoms with Gasteiger partial charge in [-0.15, -0.1) is 0 Å². The number of aryl methyl sites for hydroxylation is 1. The Labute approximate surface area is 112 Å². The van der Waals surface area contributed by atoms with Crippen LogP contribution in [0.1, 0.15) is 40.3 Å². The largest absolute Gasteiger partial charge is 0.460 e. The summed E-state index contributed by atoms with van der Waals surface area (Å²) < 4.78 is 7.14. The number of carbonyl (C=O) groups is 1. The summed E-state index contributed by atoms with van der Waals surface area (Å²) in [5, 5.41) is 0. The molecule has 1 aliphatic carbocycles. The smallest absolute Gasteiger partial charge is 0.271 e. The maximum Gasteiger partial charge on any atom is 0.271 e. The van der Waals surface area contributed by atoms with Crippen LogP contribution in [0.4, 0.5) is 0 Å². The highest BCUT2D eigenvalue weighted by atomic mass is 16.3. The Balaban J connectivity index is 1.88. The van der Waals surface area contributed by atoms with Gasteiger partial charge in [-0.1, -0.05) is 0 Å². The molecule has 96 valence electrons. The van der Waals surface area contributed by atoms with E-state index in [1.54, 1.807) is 12.1 Å². The lowest BCUT2D eigenvalue weighted by molar-refractivity contribution is 0.103. The normalized spacial score (nSPS) is 13.5. The number of furan rings is 1. The predicted octanol–water partition coefficient (Wildman–Crippen LogP) is 2.73. The fraction of sp³-hybridized carbons (Fsp3) is 0.312. The molecule has 2 heterocycles. The van der Waals surface area contributed by atoms with Crippen molar-refractivity contribution >= 4 is 5.78 Å². The average molecular weight is 253 g/mol. The summed E-state index contributed by atoms with van der Waals surface area (Å²) in [5.74, 6) is 5.63. The van der Waals surface area contributed by atoms with E-state index in [1.165, 1.54) is 30.4 Å². The molecule has 3 nitrogen and oxygen atoms in total. The summed E-state index contributed by atoms with van der Waals surface area (Å²) >= 11 is 0. The summed E-state index contributed by atoms with van der Waals surface area (Å²) in [6, 6.07) is 5.43. The number of aromatic nitrogens is 1. The lowest BCUT2D eigenvalue weighted by atomic mass is 9.98. The standard InChI is InChI=1S/C16H15NO2/c1-17-13(11-12-5-2-3-6-14(12)17)8-9-15(18)16-7-4-10-19-16/h4,7,10-11H,2-3,5-6H2,1H3. The van der Waals surface area contributed by atoms with E-state index in [1.807, 2.05) is 7.05 Å². The van der Waals surface area contributed by atoms with Crippen molar-refractivity contribution in [2.75, 3.05) is 0 Å². The lowest BCUT2D eigenvalue weighted by Gasteiger charge is -2.12. The Morgan fingerprint density at radius 3 is 2.95 bits per heavy atom. The van der Waals surface area contributed by atoms with Crippen molar-refractivity contribution in [2.24, 2.45) is 7.05 Å².